The molecule has 1 heterocycles. The normalized spacial score (nSPS) is 11.3. The van der Waals surface area contributed by atoms with E-state index in [-0.39, 0.29) is 5.97 Å². The molecule has 2 aromatic rings. The zero-order valence-electron chi connectivity index (χ0n) is 10.7. The fourth-order valence-electron chi connectivity index (χ4n) is 1.61. The predicted octanol–water partition coefficient (Wildman–Crippen LogP) is 3.03. The van der Waals surface area contributed by atoms with E-state index in [0.29, 0.717) is 5.69 Å². The second kappa shape index (κ2) is 4.64. The van der Waals surface area contributed by atoms with Crippen LogP contribution in [0.2, 0.25) is 0 Å². The number of carbonyl (C=O) groups excluding carboxylic acids is 1. The first-order valence-electron chi connectivity index (χ1n) is 5.79. The molecule has 0 radical (unpaired) electrons. The largest absolute Gasteiger partial charge is 0.455 e. The summed E-state index contributed by atoms with van der Waals surface area (Å²) in [5.41, 5.74) is 1.56. The van der Waals surface area contributed by atoms with E-state index in [4.69, 9.17) is 4.74 Å². The van der Waals surface area contributed by atoms with Crippen molar-refractivity contribution in [1.29, 1.82) is 0 Å². The summed E-state index contributed by atoms with van der Waals surface area (Å²) in [5, 5.41) is 6.63. The molecule has 0 fully saturated rings. The molecule has 0 unspecified atom stereocenters. The van der Waals surface area contributed by atoms with E-state index in [0.717, 1.165) is 11.1 Å². The van der Waals surface area contributed by atoms with Gasteiger partial charge in [-0.1, -0.05) is 30.3 Å². The summed E-state index contributed by atoms with van der Waals surface area (Å²) in [5.74, 6) is -0.390. The van der Waals surface area contributed by atoms with Crippen LogP contribution in [0.4, 0.5) is 0 Å². The summed E-state index contributed by atoms with van der Waals surface area (Å²) in [7, 11) is 0. The highest BCUT2D eigenvalue weighted by atomic mass is 16.6. The molecule has 4 heteroatoms. The van der Waals surface area contributed by atoms with Crippen LogP contribution in [0.15, 0.2) is 36.5 Å². The van der Waals surface area contributed by atoms with Crippen LogP contribution in [0.1, 0.15) is 31.3 Å². The highest BCUT2D eigenvalue weighted by molar-refractivity contribution is 5.95. The topological polar surface area (TPSA) is 55.0 Å². The van der Waals surface area contributed by atoms with Gasteiger partial charge >= 0.3 is 5.97 Å². The van der Waals surface area contributed by atoms with Crippen molar-refractivity contribution in [1.82, 2.24) is 10.2 Å². The molecule has 1 N–H and O–H groups in total. The van der Waals surface area contributed by atoms with Gasteiger partial charge < -0.3 is 4.74 Å². The molecule has 18 heavy (non-hydrogen) atoms. The van der Waals surface area contributed by atoms with Gasteiger partial charge in [0.1, 0.15) is 5.60 Å². The zero-order valence-corrected chi connectivity index (χ0v) is 10.7. The van der Waals surface area contributed by atoms with Crippen LogP contribution in [0, 0.1) is 0 Å². The molecule has 0 atom stereocenters. The fourth-order valence-corrected chi connectivity index (χ4v) is 1.61. The van der Waals surface area contributed by atoms with Gasteiger partial charge in [-0.2, -0.15) is 5.10 Å². The number of aromatic nitrogens is 2. The second-order valence-corrected chi connectivity index (χ2v) is 5.03. The van der Waals surface area contributed by atoms with Crippen LogP contribution in [-0.2, 0) is 4.74 Å². The molecule has 1 aromatic carbocycles. The van der Waals surface area contributed by atoms with Gasteiger partial charge in [0.2, 0.25) is 0 Å². The lowest BCUT2D eigenvalue weighted by Gasteiger charge is -2.19. The van der Waals surface area contributed by atoms with Crippen molar-refractivity contribution in [3.05, 3.63) is 42.2 Å². The number of carbonyl (C=O) groups is 1. The van der Waals surface area contributed by atoms with Crippen LogP contribution < -0.4 is 0 Å². The van der Waals surface area contributed by atoms with E-state index >= 15 is 0 Å². The van der Waals surface area contributed by atoms with Gasteiger partial charge in [-0.15, -0.1) is 0 Å². The van der Waals surface area contributed by atoms with Gasteiger partial charge in [0.25, 0.3) is 0 Å². The van der Waals surface area contributed by atoms with Gasteiger partial charge in [-0.3, -0.25) is 5.10 Å². The van der Waals surface area contributed by atoms with Crippen LogP contribution in [0.3, 0.4) is 0 Å². The molecule has 4 nitrogen and oxygen atoms in total. The number of aromatic amines is 1. The molecule has 0 bridgehead atoms. The Kier molecular flexibility index (Phi) is 3.19. The minimum atomic E-state index is -0.518. The fraction of sp³-hybridized carbons (Fsp3) is 0.286. The highest BCUT2D eigenvalue weighted by Crippen LogP contribution is 2.23. The molecule has 0 saturated carbocycles. The lowest BCUT2D eigenvalue weighted by atomic mass is 10.1. The van der Waals surface area contributed by atoms with Crippen molar-refractivity contribution in [2.75, 3.05) is 0 Å². The number of hydrogen-bond donors (Lipinski definition) is 1. The van der Waals surface area contributed by atoms with E-state index in [9.17, 15) is 4.79 Å². The van der Waals surface area contributed by atoms with E-state index in [2.05, 4.69) is 10.2 Å². The van der Waals surface area contributed by atoms with Gasteiger partial charge in [0.05, 0.1) is 6.20 Å². The van der Waals surface area contributed by atoms with Crippen molar-refractivity contribution in [3.8, 4) is 11.1 Å². The first-order valence-corrected chi connectivity index (χ1v) is 5.79. The van der Waals surface area contributed by atoms with Gasteiger partial charge in [-0.25, -0.2) is 4.79 Å². The molecule has 94 valence electrons. The third-order valence-electron chi connectivity index (χ3n) is 2.33. The number of esters is 1. The van der Waals surface area contributed by atoms with Gasteiger partial charge in [-0.05, 0) is 26.3 Å². The van der Waals surface area contributed by atoms with E-state index in [1.54, 1.807) is 6.20 Å². The SMILES string of the molecule is CC(C)(C)OC(=O)c1[nH]ncc1-c1ccccc1. The summed E-state index contributed by atoms with van der Waals surface area (Å²) in [6.07, 6.45) is 1.63. The number of H-pyrrole nitrogens is 1. The summed E-state index contributed by atoms with van der Waals surface area (Å²) in [6, 6.07) is 9.62. The second-order valence-electron chi connectivity index (χ2n) is 5.03. The molecule has 0 saturated heterocycles. The van der Waals surface area contributed by atoms with Gasteiger partial charge in [0, 0.05) is 5.56 Å². The van der Waals surface area contributed by atoms with Crippen molar-refractivity contribution in [2.45, 2.75) is 26.4 Å². The smallest absolute Gasteiger partial charge is 0.357 e. The van der Waals surface area contributed by atoms with E-state index in [1.165, 1.54) is 0 Å². The third-order valence-corrected chi connectivity index (χ3v) is 2.33. The Morgan fingerprint density at radius 3 is 2.50 bits per heavy atom. The Labute approximate surface area is 106 Å². The molecule has 0 spiro atoms. The maximum absolute atomic E-state index is 12.0. The third kappa shape index (κ3) is 2.77. The lowest BCUT2D eigenvalue weighted by Crippen LogP contribution is -2.24. The van der Waals surface area contributed by atoms with Gasteiger partial charge in [0.15, 0.2) is 5.69 Å². The Balaban J connectivity index is 2.32. The number of nitrogens with zero attached hydrogens (tertiary/aromatic N) is 1. The lowest BCUT2D eigenvalue weighted by molar-refractivity contribution is 0.00638. The molecular formula is C14H16N2O2. The van der Waals surface area contributed by atoms with Crippen LogP contribution in [-0.4, -0.2) is 21.8 Å². The van der Waals surface area contributed by atoms with Crippen LogP contribution >= 0.6 is 0 Å². The molecule has 2 rings (SSSR count). The summed E-state index contributed by atoms with van der Waals surface area (Å²) < 4.78 is 5.33. The van der Waals surface area contributed by atoms with Crippen molar-refractivity contribution < 1.29 is 9.53 Å². The standard InChI is InChI=1S/C14H16N2O2/c1-14(2,3)18-13(17)12-11(9-15-16-12)10-7-5-4-6-8-10/h4-9H,1-3H3,(H,15,16). The Bertz CT molecular complexity index is 538. The maximum atomic E-state index is 12.0. The minimum Gasteiger partial charge on any atom is -0.455 e. The summed E-state index contributed by atoms with van der Waals surface area (Å²) >= 11 is 0. The number of nitrogens with one attached hydrogen (secondary N) is 1. The molecule has 0 amide bonds. The monoisotopic (exact) mass is 244 g/mol. The first kappa shape index (κ1) is 12.4. The zero-order chi connectivity index (χ0) is 13.2. The van der Waals surface area contributed by atoms with Crippen LogP contribution in [0.5, 0.6) is 0 Å². The van der Waals surface area contributed by atoms with Crippen molar-refractivity contribution >= 4 is 5.97 Å². The molecule has 0 aliphatic rings. The van der Waals surface area contributed by atoms with Crippen LogP contribution in [0.25, 0.3) is 11.1 Å². The molecule has 0 aliphatic heterocycles. The summed E-state index contributed by atoms with van der Waals surface area (Å²) in [6.45, 7) is 5.51. The van der Waals surface area contributed by atoms with Crippen molar-refractivity contribution in [3.63, 3.8) is 0 Å². The predicted molar refractivity (Wildman–Crippen MR) is 69.2 cm³/mol. The maximum Gasteiger partial charge on any atom is 0.357 e. The average molecular weight is 244 g/mol. The number of rotatable bonds is 2. The summed E-state index contributed by atoms with van der Waals surface area (Å²) in [4.78, 5) is 12.0. The molecule has 0 aliphatic carbocycles. The first-order chi connectivity index (χ1) is 8.47. The highest BCUT2D eigenvalue weighted by Gasteiger charge is 2.22. The molecular weight excluding hydrogens is 228 g/mol. The number of hydrogen-bond acceptors (Lipinski definition) is 3. The number of ether oxygens (including phenoxy) is 1. The van der Waals surface area contributed by atoms with E-state index < -0.39 is 5.60 Å². The molecule has 1 aromatic heterocycles. The average Bonchev–Trinajstić information content (AvgIpc) is 2.76. The Morgan fingerprint density at radius 1 is 1.22 bits per heavy atom. The van der Waals surface area contributed by atoms with Crippen molar-refractivity contribution in [2.24, 2.45) is 0 Å². The Hall–Kier alpha value is -2.10. The number of benzene rings is 1. The minimum absolute atomic E-state index is 0.385. The quantitative estimate of drug-likeness (QED) is 0.826. The van der Waals surface area contributed by atoms with E-state index in [1.807, 2.05) is 51.1 Å². The Morgan fingerprint density at radius 2 is 1.89 bits per heavy atom.